The van der Waals surface area contributed by atoms with E-state index in [4.69, 9.17) is 0 Å². The summed E-state index contributed by atoms with van der Waals surface area (Å²) >= 11 is 0. The third-order valence-corrected chi connectivity index (χ3v) is 2.94. The second-order valence-electron chi connectivity index (χ2n) is 3.78. The molecular formula is C12H16O2. The molecule has 0 bridgehead atoms. The number of benzene rings is 1. The molecule has 2 heteroatoms. The van der Waals surface area contributed by atoms with E-state index in [9.17, 15) is 9.90 Å². The van der Waals surface area contributed by atoms with E-state index in [-0.39, 0.29) is 11.5 Å². The molecule has 0 spiro atoms. The molecule has 1 rings (SSSR count). The third-order valence-electron chi connectivity index (χ3n) is 2.94. The SMILES string of the molecule is CC(=O)c1c(C)c(C)c(C)c(O)c1C. The molecule has 1 N–H and O–H groups in total. The molecule has 0 saturated heterocycles. The average Bonchev–Trinajstić information content (AvgIpc) is 2.11. The Labute approximate surface area is 84.6 Å². The Bertz CT molecular complexity index is 374. The number of carbonyl (C=O) groups is 1. The molecule has 0 fully saturated rings. The highest BCUT2D eigenvalue weighted by Gasteiger charge is 2.16. The van der Waals surface area contributed by atoms with Gasteiger partial charge in [-0.25, -0.2) is 0 Å². The zero-order chi connectivity index (χ0) is 11.0. The van der Waals surface area contributed by atoms with E-state index in [0.29, 0.717) is 11.1 Å². The highest BCUT2D eigenvalue weighted by Crippen LogP contribution is 2.31. The van der Waals surface area contributed by atoms with Gasteiger partial charge >= 0.3 is 0 Å². The Morgan fingerprint density at radius 3 is 1.86 bits per heavy atom. The summed E-state index contributed by atoms with van der Waals surface area (Å²) in [6.45, 7) is 9.03. The molecule has 0 heterocycles. The van der Waals surface area contributed by atoms with Crippen LogP contribution >= 0.6 is 0 Å². The first-order valence-electron chi connectivity index (χ1n) is 4.68. The maximum absolute atomic E-state index is 11.4. The van der Waals surface area contributed by atoms with Gasteiger partial charge in [0.05, 0.1) is 0 Å². The van der Waals surface area contributed by atoms with Crippen LogP contribution in [-0.2, 0) is 0 Å². The van der Waals surface area contributed by atoms with Gasteiger partial charge in [-0.2, -0.15) is 0 Å². The average molecular weight is 192 g/mol. The fraction of sp³-hybridized carbons (Fsp3) is 0.417. The standard InChI is InChI=1S/C12H16O2/c1-6-7(2)11(10(5)13)9(4)12(14)8(6)3/h14H,1-5H3. The molecule has 1 aromatic rings. The maximum atomic E-state index is 11.4. The van der Waals surface area contributed by atoms with Gasteiger partial charge in [0.15, 0.2) is 5.78 Å². The lowest BCUT2D eigenvalue weighted by Gasteiger charge is -2.15. The van der Waals surface area contributed by atoms with Crippen molar-refractivity contribution in [1.82, 2.24) is 0 Å². The monoisotopic (exact) mass is 192 g/mol. The van der Waals surface area contributed by atoms with Gasteiger partial charge in [0.25, 0.3) is 0 Å². The minimum absolute atomic E-state index is 0.0124. The van der Waals surface area contributed by atoms with Gasteiger partial charge in [0.2, 0.25) is 0 Å². The Morgan fingerprint density at radius 1 is 0.929 bits per heavy atom. The number of carbonyl (C=O) groups excluding carboxylic acids is 1. The fourth-order valence-corrected chi connectivity index (χ4v) is 1.86. The van der Waals surface area contributed by atoms with Crippen LogP contribution in [0.15, 0.2) is 0 Å². The summed E-state index contributed by atoms with van der Waals surface area (Å²) in [4.78, 5) is 11.4. The van der Waals surface area contributed by atoms with Crippen LogP contribution in [0.3, 0.4) is 0 Å². The van der Waals surface area contributed by atoms with E-state index in [0.717, 1.165) is 16.7 Å². The van der Waals surface area contributed by atoms with Crippen molar-refractivity contribution in [1.29, 1.82) is 0 Å². The smallest absolute Gasteiger partial charge is 0.160 e. The quantitative estimate of drug-likeness (QED) is 0.695. The van der Waals surface area contributed by atoms with Gasteiger partial charge in [-0.3, -0.25) is 4.79 Å². The number of phenolic OH excluding ortho intramolecular Hbond substituents is 1. The van der Waals surface area contributed by atoms with Crippen LogP contribution in [0.5, 0.6) is 5.75 Å². The Morgan fingerprint density at radius 2 is 1.43 bits per heavy atom. The highest BCUT2D eigenvalue weighted by atomic mass is 16.3. The van der Waals surface area contributed by atoms with Crippen molar-refractivity contribution in [2.24, 2.45) is 0 Å². The molecule has 0 saturated carbocycles. The third kappa shape index (κ3) is 1.41. The summed E-state index contributed by atoms with van der Waals surface area (Å²) in [6.07, 6.45) is 0. The van der Waals surface area contributed by atoms with Crippen LogP contribution in [0.2, 0.25) is 0 Å². The van der Waals surface area contributed by atoms with E-state index in [2.05, 4.69) is 0 Å². The lowest BCUT2D eigenvalue weighted by molar-refractivity contribution is 0.101. The van der Waals surface area contributed by atoms with E-state index in [1.54, 1.807) is 6.92 Å². The van der Waals surface area contributed by atoms with Crippen LogP contribution in [0.4, 0.5) is 0 Å². The Balaban J connectivity index is 3.68. The number of hydrogen-bond acceptors (Lipinski definition) is 2. The highest BCUT2D eigenvalue weighted by molar-refractivity contribution is 5.98. The summed E-state index contributed by atoms with van der Waals surface area (Å²) in [6, 6.07) is 0. The number of phenols is 1. The van der Waals surface area contributed by atoms with Crippen molar-refractivity contribution in [3.8, 4) is 5.75 Å². The van der Waals surface area contributed by atoms with Gasteiger partial charge in [0, 0.05) is 11.1 Å². The number of Topliss-reactive ketones (excluding diaryl/α,β-unsaturated/α-hetero) is 1. The number of ketones is 1. The van der Waals surface area contributed by atoms with Crippen LogP contribution in [-0.4, -0.2) is 10.9 Å². The molecule has 0 aliphatic carbocycles. The zero-order valence-corrected chi connectivity index (χ0v) is 9.36. The molecule has 76 valence electrons. The second-order valence-corrected chi connectivity index (χ2v) is 3.78. The molecule has 1 aromatic carbocycles. The Hall–Kier alpha value is -1.31. The predicted octanol–water partition coefficient (Wildman–Crippen LogP) is 2.83. The molecule has 2 nitrogen and oxygen atoms in total. The van der Waals surface area contributed by atoms with Crippen molar-refractivity contribution in [3.63, 3.8) is 0 Å². The summed E-state index contributed by atoms with van der Waals surface area (Å²) in [5, 5.41) is 9.79. The lowest BCUT2D eigenvalue weighted by Crippen LogP contribution is -2.04. The summed E-state index contributed by atoms with van der Waals surface area (Å²) in [7, 11) is 0. The lowest BCUT2D eigenvalue weighted by atomic mass is 9.91. The minimum Gasteiger partial charge on any atom is -0.507 e. The fourth-order valence-electron chi connectivity index (χ4n) is 1.86. The van der Waals surface area contributed by atoms with Crippen molar-refractivity contribution >= 4 is 5.78 Å². The van der Waals surface area contributed by atoms with Crippen LogP contribution in [0.1, 0.15) is 39.5 Å². The number of hydrogen-bond donors (Lipinski definition) is 1. The molecule has 14 heavy (non-hydrogen) atoms. The van der Waals surface area contributed by atoms with Crippen molar-refractivity contribution in [2.45, 2.75) is 34.6 Å². The number of rotatable bonds is 1. The van der Waals surface area contributed by atoms with Crippen LogP contribution < -0.4 is 0 Å². The van der Waals surface area contributed by atoms with E-state index in [1.807, 2.05) is 20.8 Å². The zero-order valence-electron chi connectivity index (χ0n) is 9.36. The van der Waals surface area contributed by atoms with Gasteiger partial charge in [-0.05, 0) is 51.3 Å². The van der Waals surface area contributed by atoms with Crippen molar-refractivity contribution < 1.29 is 9.90 Å². The maximum Gasteiger partial charge on any atom is 0.160 e. The second kappa shape index (κ2) is 3.45. The summed E-state index contributed by atoms with van der Waals surface area (Å²) in [5.41, 5.74) is 4.19. The van der Waals surface area contributed by atoms with E-state index >= 15 is 0 Å². The first-order valence-corrected chi connectivity index (χ1v) is 4.68. The molecule has 0 aromatic heterocycles. The van der Waals surface area contributed by atoms with E-state index < -0.39 is 0 Å². The first kappa shape index (κ1) is 10.8. The van der Waals surface area contributed by atoms with Gasteiger partial charge in [-0.1, -0.05) is 0 Å². The topological polar surface area (TPSA) is 37.3 Å². The largest absolute Gasteiger partial charge is 0.507 e. The summed E-state index contributed by atoms with van der Waals surface area (Å²) in [5.74, 6) is 0.261. The van der Waals surface area contributed by atoms with Crippen molar-refractivity contribution in [3.05, 3.63) is 27.8 Å². The summed E-state index contributed by atoms with van der Waals surface area (Å²) < 4.78 is 0. The van der Waals surface area contributed by atoms with Gasteiger partial charge < -0.3 is 5.11 Å². The molecule has 0 aliphatic heterocycles. The molecule has 0 aliphatic rings. The van der Waals surface area contributed by atoms with Crippen LogP contribution in [0.25, 0.3) is 0 Å². The van der Waals surface area contributed by atoms with Crippen molar-refractivity contribution in [2.75, 3.05) is 0 Å². The minimum atomic E-state index is 0.0124. The molecule has 0 radical (unpaired) electrons. The normalized spacial score (nSPS) is 10.4. The number of aromatic hydroxyl groups is 1. The van der Waals surface area contributed by atoms with Crippen LogP contribution in [0, 0.1) is 27.7 Å². The van der Waals surface area contributed by atoms with E-state index in [1.165, 1.54) is 6.92 Å². The van der Waals surface area contributed by atoms with Gasteiger partial charge in [0.1, 0.15) is 5.75 Å². The molecule has 0 amide bonds. The molecular weight excluding hydrogens is 176 g/mol. The molecule has 0 unspecified atom stereocenters. The predicted molar refractivity (Wildman–Crippen MR) is 57.1 cm³/mol. The van der Waals surface area contributed by atoms with Gasteiger partial charge in [-0.15, -0.1) is 0 Å². The molecule has 0 atom stereocenters. The first-order chi connectivity index (χ1) is 6.37. The Kier molecular flexibility index (Phi) is 2.65.